The zero-order valence-electron chi connectivity index (χ0n) is 12.6. The van der Waals surface area contributed by atoms with Crippen molar-refractivity contribution in [1.82, 2.24) is 4.90 Å². The molecule has 0 aromatic heterocycles. The van der Waals surface area contributed by atoms with E-state index in [0.29, 0.717) is 12.3 Å². The summed E-state index contributed by atoms with van der Waals surface area (Å²) in [6.45, 7) is 3.62. The van der Waals surface area contributed by atoms with Crippen LogP contribution in [0.2, 0.25) is 0 Å². The Morgan fingerprint density at radius 2 is 1.67 bits per heavy atom. The molecule has 3 rings (SSSR count). The first kappa shape index (κ1) is 16.3. The molecule has 0 aromatic carbocycles. The Hall–Kier alpha value is 0.460. The van der Waals surface area contributed by atoms with Gasteiger partial charge in [0.25, 0.3) is 0 Å². The summed E-state index contributed by atoms with van der Waals surface area (Å²) in [5, 5.41) is 10.1. The van der Waals surface area contributed by atoms with Crippen LogP contribution in [0, 0.1) is 17.8 Å². The number of halogens is 2. The maximum atomic E-state index is 10.3. The number of aliphatic hydroxyl groups is 1. The van der Waals surface area contributed by atoms with Crippen molar-refractivity contribution in [2.24, 2.45) is 23.5 Å². The molecular weight excluding hydrogens is 307 g/mol. The number of piperidine rings is 1. The molecule has 1 aliphatic heterocycles. The molecule has 5 heteroatoms. The predicted octanol–water partition coefficient (Wildman–Crippen LogP) is 2.42. The average molecular weight is 335 g/mol. The Kier molecular flexibility index (Phi) is 5.38. The summed E-state index contributed by atoms with van der Waals surface area (Å²) in [6, 6.07) is 0.0634. The Morgan fingerprint density at radius 3 is 2.29 bits per heavy atom. The van der Waals surface area contributed by atoms with Crippen LogP contribution in [0.15, 0.2) is 0 Å². The third-order valence-corrected chi connectivity index (χ3v) is 6.83. The number of rotatable bonds is 4. The predicted molar refractivity (Wildman–Crippen MR) is 87.9 cm³/mol. The zero-order valence-corrected chi connectivity index (χ0v) is 14.1. The minimum atomic E-state index is -0.387. The second-order valence-electron chi connectivity index (χ2n) is 7.39. The van der Waals surface area contributed by atoms with Gasteiger partial charge in [0.05, 0.1) is 16.9 Å². The van der Waals surface area contributed by atoms with Crippen molar-refractivity contribution in [2.75, 3.05) is 19.6 Å². The van der Waals surface area contributed by atoms with Crippen LogP contribution in [0.4, 0.5) is 0 Å². The fourth-order valence-electron chi connectivity index (χ4n) is 4.07. The van der Waals surface area contributed by atoms with Gasteiger partial charge in [-0.2, -0.15) is 0 Å². The van der Waals surface area contributed by atoms with Crippen LogP contribution in [-0.4, -0.2) is 52.5 Å². The van der Waals surface area contributed by atoms with Crippen molar-refractivity contribution < 1.29 is 5.11 Å². The molecule has 21 heavy (non-hydrogen) atoms. The second kappa shape index (κ2) is 6.92. The van der Waals surface area contributed by atoms with Gasteiger partial charge in [-0.25, -0.2) is 0 Å². The Balaban J connectivity index is 1.49. The van der Waals surface area contributed by atoms with Crippen molar-refractivity contribution in [3.8, 4) is 0 Å². The highest BCUT2D eigenvalue weighted by atomic mass is 35.5. The van der Waals surface area contributed by atoms with Crippen molar-refractivity contribution in [3.63, 3.8) is 0 Å². The lowest BCUT2D eigenvalue weighted by Gasteiger charge is -2.42. The molecule has 5 unspecified atom stereocenters. The lowest BCUT2D eigenvalue weighted by atomic mass is 9.74. The summed E-state index contributed by atoms with van der Waals surface area (Å²) in [5.74, 6) is 1.60. The number of aliphatic hydroxyl groups excluding tert-OH is 1. The van der Waals surface area contributed by atoms with E-state index in [1.54, 1.807) is 0 Å². The van der Waals surface area contributed by atoms with Crippen molar-refractivity contribution >= 4 is 23.2 Å². The number of nitrogens with two attached hydrogens (primary N) is 1. The van der Waals surface area contributed by atoms with E-state index in [-0.39, 0.29) is 28.8 Å². The summed E-state index contributed by atoms with van der Waals surface area (Å²) >= 11 is 12.4. The normalized spacial score (nSPS) is 41.1. The zero-order chi connectivity index (χ0) is 15.0. The summed E-state index contributed by atoms with van der Waals surface area (Å²) in [4.78, 5) is 2.59. The van der Waals surface area contributed by atoms with Gasteiger partial charge in [0.15, 0.2) is 0 Å². The van der Waals surface area contributed by atoms with E-state index in [4.69, 9.17) is 28.9 Å². The Morgan fingerprint density at radius 1 is 1.05 bits per heavy atom. The van der Waals surface area contributed by atoms with E-state index in [1.807, 2.05) is 0 Å². The first-order valence-corrected chi connectivity index (χ1v) is 9.36. The maximum absolute atomic E-state index is 10.3. The standard InChI is InChI=1S/C16H28Cl2N2O/c17-13-7-12(15(21)8-14(13)18)16(19)11-3-5-20(6-4-11)9-10-1-2-10/h10-16,21H,1-9,19H2. The fraction of sp³-hybridized carbons (Fsp3) is 1.00. The van der Waals surface area contributed by atoms with Crippen LogP contribution >= 0.6 is 23.2 Å². The molecule has 3 nitrogen and oxygen atoms in total. The fourth-order valence-corrected chi connectivity index (χ4v) is 4.66. The summed E-state index contributed by atoms with van der Waals surface area (Å²) in [6.07, 6.45) is 6.11. The quantitative estimate of drug-likeness (QED) is 0.776. The number of alkyl halides is 2. The molecule has 5 atom stereocenters. The Labute approximate surface area is 138 Å². The van der Waals surface area contributed by atoms with E-state index in [1.165, 1.54) is 32.5 Å². The lowest BCUT2D eigenvalue weighted by molar-refractivity contribution is 0.0354. The second-order valence-corrected chi connectivity index (χ2v) is 8.51. The molecule has 3 aliphatic rings. The van der Waals surface area contributed by atoms with Crippen molar-refractivity contribution in [3.05, 3.63) is 0 Å². The third-order valence-electron chi connectivity index (χ3n) is 5.73. The summed E-state index contributed by atoms with van der Waals surface area (Å²) in [5.41, 5.74) is 6.50. The highest BCUT2D eigenvalue weighted by Gasteiger charge is 2.40. The molecule has 0 aromatic rings. The molecule has 2 saturated carbocycles. The van der Waals surface area contributed by atoms with Crippen LogP contribution in [0.25, 0.3) is 0 Å². The van der Waals surface area contributed by atoms with E-state index < -0.39 is 0 Å². The van der Waals surface area contributed by atoms with Gasteiger partial charge in [-0.05, 0) is 63.5 Å². The number of hydrogen-bond acceptors (Lipinski definition) is 3. The number of hydrogen-bond donors (Lipinski definition) is 2. The third kappa shape index (κ3) is 4.06. The molecule has 3 N–H and O–H groups in total. The van der Waals surface area contributed by atoms with Gasteiger partial charge in [0.1, 0.15) is 0 Å². The highest BCUT2D eigenvalue weighted by molar-refractivity contribution is 6.30. The summed E-state index contributed by atoms with van der Waals surface area (Å²) in [7, 11) is 0. The average Bonchev–Trinajstić information content (AvgIpc) is 3.27. The first-order valence-electron chi connectivity index (χ1n) is 8.48. The molecule has 0 amide bonds. The first-order chi connectivity index (χ1) is 10.0. The molecule has 0 radical (unpaired) electrons. The molecule has 3 fully saturated rings. The van der Waals surface area contributed by atoms with Gasteiger partial charge in [-0.1, -0.05) is 0 Å². The van der Waals surface area contributed by atoms with Gasteiger partial charge in [-0.15, -0.1) is 23.2 Å². The topological polar surface area (TPSA) is 49.5 Å². The van der Waals surface area contributed by atoms with Gasteiger partial charge in [0, 0.05) is 18.5 Å². The molecule has 1 saturated heterocycles. The molecule has 1 heterocycles. The van der Waals surface area contributed by atoms with Crippen LogP contribution in [0.3, 0.4) is 0 Å². The van der Waals surface area contributed by atoms with Gasteiger partial charge in [0.2, 0.25) is 0 Å². The smallest absolute Gasteiger partial charge is 0.0598 e. The largest absolute Gasteiger partial charge is 0.393 e. The molecule has 2 aliphatic carbocycles. The molecular formula is C16H28Cl2N2O. The monoisotopic (exact) mass is 334 g/mol. The van der Waals surface area contributed by atoms with Crippen molar-refractivity contribution in [1.29, 1.82) is 0 Å². The van der Waals surface area contributed by atoms with Gasteiger partial charge < -0.3 is 15.7 Å². The van der Waals surface area contributed by atoms with E-state index >= 15 is 0 Å². The minimum Gasteiger partial charge on any atom is -0.393 e. The summed E-state index contributed by atoms with van der Waals surface area (Å²) < 4.78 is 0. The number of nitrogens with zero attached hydrogens (tertiary/aromatic N) is 1. The van der Waals surface area contributed by atoms with Gasteiger partial charge in [-0.3, -0.25) is 0 Å². The van der Waals surface area contributed by atoms with Crippen molar-refractivity contribution in [2.45, 2.75) is 61.4 Å². The van der Waals surface area contributed by atoms with E-state index in [2.05, 4.69) is 4.90 Å². The van der Waals surface area contributed by atoms with Gasteiger partial charge >= 0.3 is 0 Å². The van der Waals surface area contributed by atoms with Crippen LogP contribution < -0.4 is 5.73 Å². The number of likely N-dealkylation sites (tertiary alicyclic amines) is 1. The Bertz CT molecular complexity index is 345. The van der Waals surface area contributed by atoms with E-state index in [9.17, 15) is 5.11 Å². The molecule has 122 valence electrons. The SMILES string of the molecule is NC(C1CCN(CC2CC2)CC1)C1CC(Cl)C(Cl)CC1O. The lowest BCUT2D eigenvalue weighted by Crippen LogP contribution is -2.51. The van der Waals surface area contributed by atoms with E-state index in [0.717, 1.165) is 25.2 Å². The molecule has 0 spiro atoms. The van der Waals surface area contributed by atoms with Crippen LogP contribution in [0.5, 0.6) is 0 Å². The highest BCUT2D eigenvalue weighted by Crippen LogP contribution is 2.37. The van der Waals surface area contributed by atoms with Crippen LogP contribution in [-0.2, 0) is 0 Å². The van der Waals surface area contributed by atoms with Crippen LogP contribution in [0.1, 0.15) is 38.5 Å². The maximum Gasteiger partial charge on any atom is 0.0598 e. The minimum absolute atomic E-state index is 0.0546. The molecule has 0 bridgehead atoms.